The minimum absolute atomic E-state index is 0.0173. The van der Waals surface area contributed by atoms with Crippen molar-refractivity contribution in [2.45, 2.75) is 64.4 Å². The zero-order valence-corrected chi connectivity index (χ0v) is 15.3. The molecule has 1 atom stereocenters. The zero-order chi connectivity index (χ0) is 17.7. The van der Waals surface area contributed by atoms with Crippen molar-refractivity contribution < 1.29 is 9.68 Å². The van der Waals surface area contributed by atoms with Crippen molar-refractivity contribution in [1.82, 2.24) is 4.98 Å². The van der Waals surface area contributed by atoms with Gasteiger partial charge in [0.1, 0.15) is 0 Å². The quantitative estimate of drug-likeness (QED) is 0.467. The van der Waals surface area contributed by atoms with Gasteiger partial charge in [0, 0.05) is 24.4 Å². The van der Waals surface area contributed by atoms with Gasteiger partial charge in [-0.05, 0) is 24.0 Å². The third-order valence-corrected chi connectivity index (χ3v) is 4.45. The highest BCUT2D eigenvalue weighted by Crippen LogP contribution is 2.14. The predicted octanol–water partition coefficient (Wildman–Crippen LogP) is 4.15. The molecule has 0 fully saturated rings. The second kappa shape index (κ2) is 11.8. The van der Waals surface area contributed by atoms with Crippen molar-refractivity contribution in [1.29, 1.82) is 0 Å². The summed E-state index contributed by atoms with van der Waals surface area (Å²) in [5, 5.41) is 10.4. The van der Waals surface area contributed by atoms with Crippen LogP contribution in [0.1, 0.15) is 57.6 Å². The minimum Gasteiger partial charge on any atom is -0.423 e. The minimum atomic E-state index is -0.880. The average molecular weight is 339 g/mol. The monoisotopic (exact) mass is 339 g/mol. The first-order valence-electron chi connectivity index (χ1n) is 9.58. The van der Waals surface area contributed by atoms with Crippen LogP contribution in [0.5, 0.6) is 0 Å². The van der Waals surface area contributed by atoms with E-state index >= 15 is 0 Å². The van der Waals surface area contributed by atoms with Gasteiger partial charge >= 0.3 is 7.12 Å². The molecular formula is C21H30BNO2. The molecule has 2 aromatic rings. The van der Waals surface area contributed by atoms with E-state index in [0.29, 0.717) is 0 Å². The van der Waals surface area contributed by atoms with E-state index < -0.39 is 7.12 Å². The molecule has 0 saturated carbocycles. The average Bonchev–Trinajstić information content (AvgIpc) is 2.66. The topological polar surface area (TPSA) is 42.4 Å². The lowest BCUT2D eigenvalue weighted by Gasteiger charge is -2.20. The Labute approximate surface area is 152 Å². The summed E-state index contributed by atoms with van der Waals surface area (Å²) in [6.07, 6.45) is 11.0. The van der Waals surface area contributed by atoms with E-state index in [0.717, 1.165) is 30.4 Å². The van der Waals surface area contributed by atoms with Gasteiger partial charge in [-0.2, -0.15) is 0 Å². The molecule has 4 heteroatoms. The number of hydrogen-bond acceptors (Lipinski definition) is 3. The number of nitrogens with zero attached hydrogens (tertiary/aromatic N) is 1. The molecule has 0 saturated heterocycles. The van der Waals surface area contributed by atoms with Gasteiger partial charge in [0.05, 0.1) is 0 Å². The van der Waals surface area contributed by atoms with Crippen molar-refractivity contribution in [2.75, 3.05) is 0 Å². The van der Waals surface area contributed by atoms with Gasteiger partial charge in [0.2, 0.25) is 0 Å². The van der Waals surface area contributed by atoms with Crippen molar-refractivity contribution in [3.05, 3.63) is 60.4 Å². The zero-order valence-electron chi connectivity index (χ0n) is 15.3. The van der Waals surface area contributed by atoms with Crippen LogP contribution in [-0.2, 0) is 11.1 Å². The summed E-state index contributed by atoms with van der Waals surface area (Å²) in [5.74, 6) is 0. The summed E-state index contributed by atoms with van der Waals surface area (Å²) in [5.41, 5.74) is 1.82. The van der Waals surface area contributed by atoms with E-state index in [-0.39, 0.29) is 6.10 Å². The van der Waals surface area contributed by atoms with Crippen LogP contribution < -0.4 is 5.46 Å². The maximum absolute atomic E-state index is 10.4. The Morgan fingerprint density at radius 2 is 1.68 bits per heavy atom. The summed E-state index contributed by atoms with van der Waals surface area (Å²) >= 11 is 0. The molecule has 1 aromatic carbocycles. The molecule has 0 amide bonds. The lowest BCUT2D eigenvalue weighted by atomic mass is 9.79. The Kier molecular flexibility index (Phi) is 9.31. The van der Waals surface area contributed by atoms with Crippen LogP contribution in [0.25, 0.3) is 0 Å². The number of hydrogen-bond donors (Lipinski definition) is 1. The Balaban J connectivity index is 1.87. The van der Waals surface area contributed by atoms with Gasteiger partial charge in [-0.3, -0.25) is 4.98 Å². The van der Waals surface area contributed by atoms with Gasteiger partial charge in [0.15, 0.2) is 0 Å². The van der Waals surface area contributed by atoms with E-state index in [2.05, 4.69) is 11.9 Å². The number of unbranched alkanes of at least 4 members (excludes halogenated alkanes) is 5. The largest absolute Gasteiger partial charge is 0.491 e. The molecule has 0 radical (unpaired) electrons. The van der Waals surface area contributed by atoms with E-state index in [4.69, 9.17) is 4.65 Å². The highest BCUT2D eigenvalue weighted by Gasteiger charge is 2.22. The lowest BCUT2D eigenvalue weighted by molar-refractivity contribution is 0.159. The number of pyridine rings is 1. The number of aromatic nitrogens is 1. The third-order valence-electron chi connectivity index (χ3n) is 4.45. The molecule has 1 unspecified atom stereocenters. The molecule has 0 aliphatic carbocycles. The Bertz CT molecular complexity index is 565. The predicted molar refractivity (Wildman–Crippen MR) is 105 cm³/mol. The Morgan fingerprint density at radius 1 is 0.960 bits per heavy atom. The van der Waals surface area contributed by atoms with Crippen LogP contribution in [0.3, 0.4) is 0 Å². The first-order chi connectivity index (χ1) is 12.3. The third kappa shape index (κ3) is 7.85. The van der Waals surface area contributed by atoms with Gasteiger partial charge in [-0.15, -0.1) is 0 Å². The Hall–Kier alpha value is -1.65. The van der Waals surface area contributed by atoms with Crippen LogP contribution in [0, 0.1) is 0 Å². The van der Waals surface area contributed by atoms with E-state index in [1.807, 2.05) is 54.7 Å². The van der Waals surface area contributed by atoms with Crippen molar-refractivity contribution in [2.24, 2.45) is 0 Å². The van der Waals surface area contributed by atoms with Gasteiger partial charge in [-0.25, -0.2) is 0 Å². The van der Waals surface area contributed by atoms with Crippen LogP contribution in [0.4, 0.5) is 0 Å². The van der Waals surface area contributed by atoms with Crippen LogP contribution in [0.2, 0.25) is 0 Å². The molecule has 2 rings (SSSR count). The highest BCUT2D eigenvalue weighted by atomic mass is 16.5. The number of rotatable bonds is 12. The molecule has 134 valence electrons. The lowest BCUT2D eigenvalue weighted by Crippen LogP contribution is -2.38. The maximum Gasteiger partial charge on any atom is 0.491 e. The highest BCUT2D eigenvalue weighted by molar-refractivity contribution is 6.59. The van der Waals surface area contributed by atoms with Gasteiger partial charge in [0.25, 0.3) is 0 Å². The summed E-state index contributed by atoms with van der Waals surface area (Å²) in [7, 11) is -0.880. The van der Waals surface area contributed by atoms with Crippen molar-refractivity contribution in [3.8, 4) is 0 Å². The number of benzene rings is 1. The fourth-order valence-electron chi connectivity index (χ4n) is 3.00. The molecule has 3 nitrogen and oxygen atoms in total. The molecule has 0 aliphatic heterocycles. The van der Waals surface area contributed by atoms with Crippen molar-refractivity contribution in [3.63, 3.8) is 0 Å². The first kappa shape index (κ1) is 19.7. The SMILES string of the molecule is CCCCCCCCC(Cc1ccccn1)OB(O)c1ccccc1. The molecular weight excluding hydrogens is 309 g/mol. The molecule has 1 N–H and O–H groups in total. The fraction of sp³-hybridized carbons (Fsp3) is 0.476. The van der Waals surface area contributed by atoms with Gasteiger partial charge in [-0.1, -0.05) is 81.8 Å². The van der Waals surface area contributed by atoms with Crippen LogP contribution in [-0.4, -0.2) is 23.2 Å². The van der Waals surface area contributed by atoms with E-state index in [1.165, 1.54) is 32.1 Å². The molecule has 25 heavy (non-hydrogen) atoms. The summed E-state index contributed by atoms with van der Waals surface area (Å²) in [6, 6.07) is 15.5. The molecule has 1 aromatic heterocycles. The second-order valence-corrected chi connectivity index (χ2v) is 6.60. The smallest absolute Gasteiger partial charge is 0.423 e. The standard InChI is InChI=1S/C21H30BNO2/c1-2-3-4-5-6-10-16-21(18-20-15-11-12-17-23-20)25-22(24)19-13-8-7-9-14-19/h7-9,11-15,17,21,24H,2-6,10,16,18H2,1H3. The summed E-state index contributed by atoms with van der Waals surface area (Å²) < 4.78 is 5.98. The van der Waals surface area contributed by atoms with Gasteiger partial charge < -0.3 is 9.68 Å². The normalized spacial score (nSPS) is 12.1. The van der Waals surface area contributed by atoms with E-state index in [1.54, 1.807) is 0 Å². The first-order valence-corrected chi connectivity index (χ1v) is 9.58. The molecule has 1 heterocycles. The summed E-state index contributed by atoms with van der Waals surface area (Å²) in [4.78, 5) is 4.41. The second-order valence-electron chi connectivity index (χ2n) is 6.60. The van der Waals surface area contributed by atoms with E-state index in [9.17, 15) is 5.02 Å². The molecule has 0 aliphatic rings. The van der Waals surface area contributed by atoms with Crippen LogP contribution in [0.15, 0.2) is 54.7 Å². The molecule has 0 spiro atoms. The Morgan fingerprint density at radius 3 is 2.40 bits per heavy atom. The van der Waals surface area contributed by atoms with Crippen LogP contribution >= 0.6 is 0 Å². The molecule has 0 bridgehead atoms. The summed E-state index contributed by atoms with van der Waals surface area (Å²) in [6.45, 7) is 2.24. The van der Waals surface area contributed by atoms with Crippen molar-refractivity contribution >= 4 is 12.6 Å². The fourth-order valence-corrected chi connectivity index (χ4v) is 3.00. The maximum atomic E-state index is 10.4.